The molecule has 36 heavy (non-hydrogen) atoms. The molecule has 1 aliphatic heterocycles. The Bertz CT molecular complexity index is 1310. The number of likely N-dealkylation sites (tertiary alicyclic amines) is 1. The number of hydrogen-bond acceptors (Lipinski definition) is 7. The van der Waals surface area contributed by atoms with Crippen LogP contribution in [0, 0.1) is 17.2 Å². The highest BCUT2D eigenvalue weighted by Crippen LogP contribution is 2.43. The number of nitrogens with one attached hydrogen (secondary N) is 1. The van der Waals surface area contributed by atoms with Crippen molar-refractivity contribution in [1.82, 2.24) is 10.2 Å². The van der Waals surface area contributed by atoms with Gasteiger partial charge in [0.2, 0.25) is 5.91 Å². The van der Waals surface area contributed by atoms with Crippen LogP contribution in [0.4, 0.5) is 4.79 Å². The quantitative estimate of drug-likeness (QED) is 0.601. The van der Waals surface area contributed by atoms with E-state index in [1.807, 2.05) is 18.2 Å². The second-order valence-corrected chi connectivity index (χ2v) is 13.7. The lowest BCUT2D eigenvalue weighted by Crippen LogP contribution is -2.55. The molecule has 4 rings (SSSR count). The monoisotopic (exact) mass is 529 g/mol. The minimum atomic E-state index is -3.32. The predicted octanol–water partition coefficient (Wildman–Crippen LogP) is 4.16. The number of nitriles is 1. The highest BCUT2D eigenvalue weighted by Gasteiger charge is 2.52. The average Bonchev–Trinajstić information content (AvgIpc) is 3.53. The van der Waals surface area contributed by atoms with Crippen molar-refractivity contribution < 1.29 is 22.7 Å². The van der Waals surface area contributed by atoms with Gasteiger partial charge in [0, 0.05) is 28.5 Å². The van der Waals surface area contributed by atoms with Crippen LogP contribution in [0.2, 0.25) is 0 Å². The van der Waals surface area contributed by atoms with Crippen LogP contribution in [-0.4, -0.2) is 55.3 Å². The first-order valence-corrected chi connectivity index (χ1v) is 14.7. The number of carbonyl (C=O) groups excluding carboxylic acids is 2. The van der Waals surface area contributed by atoms with Crippen molar-refractivity contribution in [3.05, 3.63) is 41.3 Å². The maximum Gasteiger partial charge on any atom is 0.411 e. The van der Waals surface area contributed by atoms with Gasteiger partial charge in [-0.2, -0.15) is 5.26 Å². The lowest BCUT2D eigenvalue weighted by Gasteiger charge is -2.35. The van der Waals surface area contributed by atoms with Crippen molar-refractivity contribution in [3.63, 3.8) is 0 Å². The Labute approximate surface area is 216 Å². The van der Waals surface area contributed by atoms with Crippen LogP contribution in [0.3, 0.4) is 0 Å². The lowest BCUT2D eigenvalue weighted by molar-refractivity contribution is -0.128. The van der Waals surface area contributed by atoms with Gasteiger partial charge in [-0.1, -0.05) is 12.1 Å². The molecule has 1 N–H and O–H groups in total. The molecule has 2 aromatic rings. The van der Waals surface area contributed by atoms with E-state index in [-0.39, 0.29) is 22.8 Å². The van der Waals surface area contributed by atoms with Crippen LogP contribution < -0.4 is 5.32 Å². The molecular weight excluding hydrogens is 498 g/mol. The molecule has 10 heteroatoms. The molecule has 2 heterocycles. The van der Waals surface area contributed by atoms with Crippen LogP contribution in [0.25, 0.3) is 10.4 Å². The number of piperidine rings is 1. The van der Waals surface area contributed by atoms with Crippen molar-refractivity contribution in [3.8, 4) is 16.5 Å². The fourth-order valence-electron chi connectivity index (χ4n) is 5.01. The van der Waals surface area contributed by atoms with Gasteiger partial charge in [0.05, 0.1) is 11.0 Å². The summed E-state index contributed by atoms with van der Waals surface area (Å²) in [6.45, 7) is 5.40. The average molecular weight is 530 g/mol. The minimum absolute atomic E-state index is 0.0105. The molecule has 2 amide bonds. The Balaban J connectivity index is 1.45. The van der Waals surface area contributed by atoms with E-state index in [9.17, 15) is 23.3 Å². The summed E-state index contributed by atoms with van der Waals surface area (Å²) in [5, 5.41) is 12.6. The van der Waals surface area contributed by atoms with Crippen LogP contribution in [-0.2, 0) is 25.8 Å². The van der Waals surface area contributed by atoms with Crippen molar-refractivity contribution in [2.75, 3.05) is 6.26 Å². The molecule has 192 valence electrons. The molecular formula is C26H31N3O5S2. The summed E-state index contributed by atoms with van der Waals surface area (Å²) in [7, 11) is -3.32. The van der Waals surface area contributed by atoms with E-state index in [1.54, 1.807) is 43.9 Å². The number of hydrogen-bond donors (Lipinski definition) is 1. The summed E-state index contributed by atoms with van der Waals surface area (Å²) in [4.78, 5) is 29.7. The van der Waals surface area contributed by atoms with E-state index in [4.69, 9.17) is 4.74 Å². The third kappa shape index (κ3) is 5.73. The topological polar surface area (TPSA) is 117 Å². The maximum absolute atomic E-state index is 13.3. The number of rotatable bonds is 6. The first-order valence-electron chi connectivity index (χ1n) is 12.0. The molecule has 0 radical (unpaired) electrons. The number of thiophene rings is 1. The normalized spacial score (nSPS) is 22.2. The zero-order valence-electron chi connectivity index (χ0n) is 20.9. The van der Waals surface area contributed by atoms with Crippen LogP contribution >= 0.6 is 11.3 Å². The fourth-order valence-corrected chi connectivity index (χ4v) is 6.73. The van der Waals surface area contributed by atoms with E-state index >= 15 is 0 Å². The number of sulfone groups is 1. The number of fused-ring (bicyclic) bond motifs is 2. The summed E-state index contributed by atoms with van der Waals surface area (Å²) < 4.78 is 29.3. The number of benzene rings is 1. The standard InChI is InChI=1S/C26H31N3O5S2/c1-26(2,3)34-25(31)29-19-9-8-17(12-19)23(29)24(30)28-18(15-27)14-20-10-11-22(35-20)16-6-5-7-21(13-16)36(4,32)33/h5-7,10-11,13,17-19,23H,8-9,12,14H2,1-4H3,(H,28,30)/t17?,18-,19?,23?/m0/s1. The van der Waals surface area contributed by atoms with Gasteiger partial charge in [0.1, 0.15) is 17.7 Å². The van der Waals surface area contributed by atoms with Gasteiger partial charge in [-0.15, -0.1) is 11.3 Å². The van der Waals surface area contributed by atoms with Crippen LogP contribution in [0.15, 0.2) is 41.3 Å². The van der Waals surface area contributed by atoms with Gasteiger partial charge < -0.3 is 10.1 Å². The Morgan fingerprint density at radius 3 is 2.67 bits per heavy atom. The highest BCUT2D eigenvalue weighted by atomic mass is 32.2. The number of nitrogens with zero attached hydrogens (tertiary/aromatic N) is 2. The zero-order chi connectivity index (χ0) is 26.3. The fraction of sp³-hybridized carbons (Fsp3) is 0.500. The van der Waals surface area contributed by atoms with Crippen molar-refractivity contribution >= 4 is 33.2 Å². The Hall–Kier alpha value is -2.90. The number of carbonyl (C=O) groups is 2. The molecule has 0 spiro atoms. The third-order valence-corrected chi connectivity index (χ3v) is 8.81. The van der Waals surface area contributed by atoms with Gasteiger partial charge in [-0.25, -0.2) is 13.2 Å². The van der Waals surface area contributed by atoms with E-state index in [1.165, 1.54) is 17.6 Å². The number of amides is 2. The Morgan fingerprint density at radius 2 is 2.00 bits per heavy atom. The van der Waals surface area contributed by atoms with Gasteiger partial charge in [0.15, 0.2) is 9.84 Å². The van der Waals surface area contributed by atoms with E-state index in [0.717, 1.165) is 34.6 Å². The molecule has 8 nitrogen and oxygen atoms in total. The van der Waals surface area contributed by atoms with Crippen molar-refractivity contribution in [2.24, 2.45) is 5.92 Å². The molecule has 1 aromatic heterocycles. The predicted molar refractivity (Wildman–Crippen MR) is 137 cm³/mol. The molecule has 2 bridgehead atoms. The summed E-state index contributed by atoms with van der Waals surface area (Å²) in [5.74, 6) is -0.255. The summed E-state index contributed by atoms with van der Waals surface area (Å²) >= 11 is 1.45. The van der Waals surface area contributed by atoms with Gasteiger partial charge in [-0.05, 0) is 75.8 Å². The minimum Gasteiger partial charge on any atom is -0.444 e. The van der Waals surface area contributed by atoms with Crippen molar-refractivity contribution in [1.29, 1.82) is 5.26 Å². The highest BCUT2D eigenvalue weighted by molar-refractivity contribution is 7.90. The molecule has 1 saturated heterocycles. The summed E-state index contributed by atoms with van der Waals surface area (Å²) in [5.41, 5.74) is 0.119. The SMILES string of the molecule is CC(C)(C)OC(=O)N1C2CCC(C2)C1C(=O)N[C@H](C#N)Cc1ccc(-c2cccc(S(C)(=O)=O)c2)s1. The lowest BCUT2D eigenvalue weighted by atomic mass is 9.97. The largest absolute Gasteiger partial charge is 0.444 e. The maximum atomic E-state index is 13.3. The van der Waals surface area contributed by atoms with E-state index in [0.29, 0.717) is 6.42 Å². The summed E-state index contributed by atoms with van der Waals surface area (Å²) in [6, 6.07) is 11.3. The molecule has 4 atom stereocenters. The second-order valence-electron chi connectivity index (χ2n) is 10.5. The molecule has 1 aromatic carbocycles. The number of ether oxygens (including phenoxy) is 1. The Morgan fingerprint density at radius 1 is 1.25 bits per heavy atom. The second kappa shape index (κ2) is 9.87. The smallest absolute Gasteiger partial charge is 0.411 e. The first-order chi connectivity index (χ1) is 16.9. The molecule has 3 unspecified atom stereocenters. The molecule has 2 fully saturated rings. The summed E-state index contributed by atoms with van der Waals surface area (Å²) in [6.07, 6.45) is 3.50. The van der Waals surface area contributed by atoms with Crippen molar-refractivity contribution in [2.45, 2.75) is 75.1 Å². The molecule has 2 aliphatic rings. The third-order valence-electron chi connectivity index (χ3n) is 6.54. The Kier molecular flexibility index (Phi) is 7.17. The van der Waals surface area contributed by atoms with Crippen LogP contribution in [0.5, 0.6) is 0 Å². The van der Waals surface area contributed by atoms with E-state index in [2.05, 4.69) is 11.4 Å². The van der Waals surface area contributed by atoms with Crippen LogP contribution in [0.1, 0.15) is 44.9 Å². The van der Waals surface area contributed by atoms with E-state index < -0.39 is 33.6 Å². The molecule has 1 aliphatic carbocycles. The van der Waals surface area contributed by atoms with Gasteiger partial charge in [-0.3, -0.25) is 9.69 Å². The molecule has 1 saturated carbocycles. The first kappa shape index (κ1) is 26.2. The zero-order valence-corrected chi connectivity index (χ0v) is 22.5. The van der Waals surface area contributed by atoms with Gasteiger partial charge >= 0.3 is 6.09 Å². The van der Waals surface area contributed by atoms with Gasteiger partial charge in [0.25, 0.3) is 0 Å².